The van der Waals surface area contributed by atoms with Crippen molar-refractivity contribution in [3.8, 4) is 0 Å². The first-order valence-electron chi connectivity index (χ1n) is 6.34. The first kappa shape index (κ1) is 15.5. The van der Waals surface area contributed by atoms with E-state index in [9.17, 15) is 0 Å². The standard InChI is InChI=1S/C12H20ClN3OS2/c1-8-12(19-6-5-18-8)10(14)11-9(13)7-15-16(11)3-4-17-2/h7-8,10,12H,3-6,14H2,1-2H3. The molecule has 0 spiro atoms. The van der Waals surface area contributed by atoms with Crippen LogP contribution in [-0.4, -0.2) is 45.5 Å². The number of hydrogen-bond donors (Lipinski definition) is 1. The van der Waals surface area contributed by atoms with Crippen LogP contribution in [0.4, 0.5) is 0 Å². The molecule has 3 atom stereocenters. The van der Waals surface area contributed by atoms with Gasteiger partial charge >= 0.3 is 0 Å². The first-order chi connectivity index (χ1) is 9.15. The van der Waals surface area contributed by atoms with Crippen molar-refractivity contribution in [3.05, 3.63) is 16.9 Å². The van der Waals surface area contributed by atoms with Crippen molar-refractivity contribution in [3.63, 3.8) is 0 Å². The van der Waals surface area contributed by atoms with Gasteiger partial charge in [0.05, 0.1) is 36.1 Å². The molecule has 1 saturated heterocycles. The Morgan fingerprint density at radius 1 is 1.58 bits per heavy atom. The van der Waals surface area contributed by atoms with E-state index in [1.807, 2.05) is 28.2 Å². The van der Waals surface area contributed by atoms with Gasteiger partial charge in [0.1, 0.15) is 0 Å². The maximum Gasteiger partial charge on any atom is 0.0834 e. The van der Waals surface area contributed by atoms with Crippen LogP contribution in [0, 0.1) is 0 Å². The van der Waals surface area contributed by atoms with Crippen LogP contribution in [0.3, 0.4) is 0 Å². The second-order valence-corrected chi connectivity index (χ2v) is 7.71. The Hall–Kier alpha value is 0.120. The van der Waals surface area contributed by atoms with E-state index in [0.717, 1.165) is 11.4 Å². The third-order valence-corrected chi connectivity index (χ3v) is 6.75. The largest absolute Gasteiger partial charge is 0.383 e. The number of methoxy groups -OCH3 is 1. The van der Waals surface area contributed by atoms with Crippen molar-refractivity contribution in [2.24, 2.45) is 5.73 Å². The molecule has 0 aliphatic carbocycles. The van der Waals surface area contributed by atoms with Crippen molar-refractivity contribution < 1.29 is 4.74 Å². The predicted molar refractivity (Wildman–Crippen MR) is 84.2 cm³/mol. The molecular formula is C12H20ClN3OS2. The average Bonchev–Trinajstić information content (AvgIpc) is 2.77. The number of nitrogens with zero attached hydrogens (tertiary/aromatic N) is 2. The molecule has 7 heteroatoms. The average molecular weight is 322 g/mol. The lowest BCUT2D eigenvalue weighted by Crippen LogP contribution is -2.36. The summed E-state index contributed by atoms with van der Waals surface area (Å²) in [5.74, 6) is 2.35. The topological polar surface area (TPSA) is 53.1 Å². The smallest absolute Gasteiger partial charge is 0.0834 e. The number of hydrogen-bond acceptors (Lipinski definition) is 5. The Morgan fingerprint density at radius 2 is 2.32 bits per heavy atom. The van der Waals surface area contributed by atoms with E-state index in [1.165, 1.54) is 5.75 Å². The molecule has 0 saturated carbocycles. The molecule has 1 aromatic rings. The molecule has 2 rings (SSSR count). The van der Waals surface area contributed by atoms with Crippen LogP contribution in [-0.2, 0) is 11.3 Å². The maximum absolute atomic E-state index is 6.46. The molecule has 1 aromatic heterocycles. The van der Waals surface area contributed by atoms with E-state index in [4.69, 9.17) is 22.1 Å². The quantitative estimate of drug-likeness (QED) is 0.902. The minimum atomic E-state index is -0.0837. The van der Waals surface area contributed by atoms with Gasteiger partial charge in [0.2, 0.25) is 0 Å². The zero-order valence-corrected chi connectivity index (χ0v) is 13.6. The van der Waals surface area contributed by atoms with Gasteiger partial charge < -0.3 is 10.5 Å². The second-order valence-electron chi connectivity index (χ2n) is 4.53. The summed E-state index contributed by atoms with van der Waals surface area (Å²) in [4.78, 5) is 0. The highest BCUT2D eigenvalue weighted by Crippen LogP contribution is 2.39. The number of aromatic nitrogens is 2. The van der Waals surface area contributed by atoms with Crippen LogP contribution in [0.25, 0.3) is 0 Å². The van der Waals surface area contributed by atoms with Gasteiger partial charge in [-0.15, -0.1) is 0 Å². The van der Waals surface area contributed by atoms with Crippen LogP contribution in [0.15, 0.2) is 6.20 Å². The molecule has 0 amide bonds. The summed E-state index contributed by atoms with van der Waals surface area (Å²) in [6, 6.07) is -0.0837. The molecule has 0 bridgehead atoms. The first-order valence-corrected chi connectivity index (χ1v) is 8.81. The summed E-state index contributed by atoms with van der Waals surface area (Å²) >= 11 is 10.2. The van der Waals surface area contributed by atoms with Crippen molar-refractivity contribution in [2.75, 3.05) is 25.2 Å². The highest BCUT2D eigenvalue weighted by Gasteiger charge is 2.32. The lowest BCUT2D eigenvalue weighted by molar-refractivity contribution is 0.182. The molecule has 0 aromatic carbocycles. The lowest BCUT2D eigenvalue weighted by Gasteiger charge is -2.32. The summed E-state index contributed by atoms with van der Waals surface area (Å²) in [5, 5.41) is 5.88. The number of ether oxygens (including phenoxy) is 1. The van der Waals surface area contributed by atoms with E-state index < -0.39 is 0 Å². The molecule has 2 N–H and O–H groups in total. The van der Waals surface area contributed by atoms with Crippen LogP contribution in [0.5, 0.6) is 0 Å². The minimum absolute atomic E-state index is 0.0837. The molecule has 0 radical (unpaired) electrons. The molecule has 108 valence electrons. The third-order valence-electron chi connectivity index (χ3n) is 3.25. The molecule has 19 heavy (non-hydrogen) atoms. The van der Waals surface area contributed by atoms with Crippen molar-refractivity contribution in [2.45, 2.75) is 30.0 Å². The van der Waals surface area contributed by atoms with E-state index in [1.54, 1.807) is 13.3 Å². The number of rotatable bonds is 5. The fourth-order valence-corrected chi connectivity index (χ4v) is 5.38. The third kappa shape index (κ3) is 3.61. The zero-order chi connectivity index (χ0) is 13.8. The maximum atomic E-state index is 6.46. The highest BCUT2D eigenvalue weighted by atomic mass is 35.5. The van der Waals surface area contributed by atoms with Crippen LogP contribution in [0.1, 0.15) is 18.7 Å². The second kappa shape index (κ2) is 7.22. The van der Waals surface area contributed by atoms with Gasteiger partial charge in [-0.3, -0.25) is 4.68 Å². The zero-order valence-electron chi connectivity index (χ0n) is 11.2. The Balaban J connectivity index is 2.17. The van der Waals surface area contributed by atoms with Crippen LogP contribution in [0.2, 0.25) is 5.02 Å². The van der Waals surface area contributed by atoms with E-state index in [0.29, 0.717) is 28.7 Å². The van der Waals surface area contributed by atoms with Crippen molar-refractivity contribution >= 4 is 35.1 Å². The Labute approximate surface area is 127 Å². The number of nitrogens with two attached hydrogens (primary N) is 1. The SMILES string of the molecule is COCCn1ncc(Cl)c1C(N)C1SCCSC1C. The summed E-state index contributed by atoms with van der Waals surface area (Å²) in [6.45, 7) is 3.54. The predicted octanol–water partition coefficient (Wildman–Crippen LogP) is 2.42. The molecule has 4 nitrogen and oxygen atoms in total. The fraction of sp³-hybridized carbons (Fsp3) is 0.750. The Morgan fingerprint density at radius 3 is 3.00 bits per heavy atom. The summed E-state index contributed by atoms with van der Waals surface area (Å²) in [7, 11) is 1.68. The lowest BCUT2D eigenvalue weighted by atomic mass is 10.1. The van der Waals surface area contributed by atoms with Gasteiger partial charge in [0.15, 0.2) is 0 Å². The minimum Gasteiger partial charge on any atom is -0.383 e. The van der Waals surface area contributed by atoms with Gasteiger partial charge in [-0.25, -0.2) is 0 Å². The van der Waals surface area contributed by atoms with E-state index in [-0.39, 0.29) is 6.04 Å². The molecule has 3 unspecified atom stereocenters. The van der Waals surface area contributed by atoms with Crippen molar-refractivity contribution in [1.29, 1.82) is 0 Å². The van der Waals surface area contributed by atoms with Gasteiger partial charge in [-0.1, -0.05) is 18.5 Å². The molecule has 1 aliphatic heterocycles. The van der Waals surface area contributed by atoms with Gasteiger partial charge in [-0.2, -0.15) is 28.6 Å². The van der Waals surface area contributed by atoms with Gasteiger partial charge in [0.25, 0.3) is 0 Å². The normalized spacial score (nSPS) is 25.5. The Bertz CT molecular complexity index is 416. The fourth-order valence-electron chi connectivity index (χ4n) is 2.26. The van der Waals surface area contributed by atoms with Crippen molar-refractivity contribution in [1.82, 2.24) is 9.78 Å². The van der Waals surface area contributed by atoms with Gasteiger partial charge in [0, 0.05) is 29.1 Å². The molecular weight excluding hydrogens is 302 g/mol. The molecule has 1 aliphatic rings. The number of halogens is 1. The summed E-state index contributed by atoms with van der Waals surface area (Å²) < 4.78 is 6.98. The highest BCUT2D eigenvalue weighted by molar-refractivity contribution is 8.07. The van der Waals surface area contributed by atoms with E-state index >= 15 is 0 Å². The molecule has 1 fully saturated rings. The van der Waals surface area contributed by atoms with Gasteiger partial charge in [-0.05, 0) is 0 Å². The number of thioether (sulfide) groups is 2. The Kier molecular flexibility index (Phi) is 5.89. The summed E-state index contributed by atoms with van der Waals surface area (Å²) in [5.41, 5.74) is 7.39. The van der Waals surface area contributed by atoms with Crippen LogP contribution >= 0.6 is 35.1 Å². The van der Waals surface area contributed by atoms with E-state index in [2.05, 4.69) is 12.0 Å². The molecule has 2 heterocycles. The monoisotopic (exact) mass is 321 g/mol. The van der Waals surface area contributed by atoms with Crippen LogP contribution < -0.4 is 5.73 Å². The summed E-state index contributed by atoms with van der Waals surface area (Å²) in [6.07, 6.45) is 1.68.